The number of amides is 1. The number of carbonyl (C=O) groups is 1. The summed E-state index contributed by atoms with van der Waals surface area (Å²) < 4.78 is 25.1. The van der Waals surface area contributed by atoms with Gasteiger partial charge in [-0.2, -0.15) is 0 Å². The maximum atomic E-state index is 11.9. The summed E-state index contributed by atoms with van der Waals surface area (Å²) in [7, 11) is -3.23. The zero-order chi connectivity index (χ0) is 15.2. The predicted molar refractivity (Wildman–Crippen MR) is 83.2 cm³/mol. The van der Waals surface area contributed by atoms with E-state index in [9.17, 15) is 13.2 Å². The normalized spacial score (nSPS) is 11.6. The lowest BCUT2D eigenvalue weighted by Gasteiger charge is -2.19. The average Bonchev–Trinajstić information content (AvgIpc) is 2.37. The molecule has 0 atom stereocenters. The Morgan fingerprint density at radius 2 is 1.95 bits per heavy atom. The molecule has 0 bridgehead atoms. The van der Waals surface area contributed by atoms with Gasteiger partial charge in [0.25, 0.3) is 5.91 Å². The third-order valence-electron chi connectivity index (χ3n) is 2.71. The Hall–Kier alpha value is -0.920. The van der Waals surface area contributed by atoms with Crippen LogP contribution in [0.2, 0.25) is 0 Å². The number of nitrogens with zero attached hydrogens (tertiary/aromatic N) is 1. The quantitative estimate of drug-likeness (QED) is 0.804. The van der Waals surface area contributed by atoms with Crippen LogP contribution in [0.5, 0.6) is 0 Å². The van der Waals surface area contributed by atoms with Crippen molar-refractivity contribution in [3.05, 3.63) is 34.3 Å². The summed E-state index contributed by atoms with van der Waals surface area (Å²) in [6.45, 7) is 2.94. The maximum absolute atomic E-state index is 11.9. The van der Waals surface area contributed by atoms with E-state index < -0.39 is 10.0 Å². The highest BCUT2D eigenvalue weighted by atomic mass is 79.9. The number of carbonyl (C=O) groups excluding carboxylic acids is 1. The Morgan fingerprint density at radius 1 is 1.30 bits per heavy atom. The number of hydrogen-bond donors (Lipinski definition) is 1. The van der Waals surface area contributed by atoms with E-state index in [4.69, 9.17) is 0 Å². The SMILES string of the molecule is CCCN(CCNC(=O)c1ccccc1Br)S(C)(=O)=O. The van der Waals surface area contributed by atoms with Crippen LogP contribution in [-0.2, 0) is 10.0 Å². The monoisotopic (exact) mass is 362 g/mol. The van der Waals surface area contributed by atoms with Crippen LogP contribution in [-0.4, -0.2) is 44.5 Å². The van der Waals surface area contributed by atoms with Gasteiger partial charge in [-0.15, -0.1) is 0 Å². The van der Waals surface area contributed by atoms with Gasteiger partial charge in [0.05, 0.1) is 11.8 Å². The molecular weight excluding hydrogens is 344 g/mol. The summed E-state index contributed by atoms with van der Waals surface area (Å²) in [5.74, 6) is -0.220. The topological polar surface area (TPSA) is 66.5 Å². The van der Waals surface area contributed by atoms with Gasteiger partial charge < -0.3 is 5.32 Å². The first-order valence-electron chi connectivity index (χ1n) is 6.34. The molecule has 112 valence electrons. The van der Waals surface area contributed by atoms with Crippen LogP contribution in [0.4, 0.5) is 0 Å². The molecule has 0 aliphatic rings. The van der Waals surface area contributed by atoms with Crippen molar-refractivity contribution in [3.8, 4) is 0 Å². The zero-order valence-electron chi connectivity index (χ0n) is 11.6. The molecule has 0 aliphatic carbocycles. The molecule has 0 heterocycles. The molecule has 0 saturated heterocycles. The third-order valence-corrected chi connectivity index (χ3v) is 4.70. The van der Waals surface area contributed by atoms with Gasteiger partial charge in [-0.3, -0.25) is 4.79 Å². The highest BCUT2D eigenvalue weighted by Crippen LogP contribution is 2.15. The first-order chi connectivity index (χ1) is 9.36. The smallest absolute Gasteiger partial charge is 0.252 e. The number of nitrogens with one attached hydrogen (secondary N) is 1. The lowest BCUT2D eigenvalue weighted by atomic mass is 10.2. The Bertz CT molecular complexity index is 560. The summed E-state index contributed by atoms with van der Waals surface area (Å²) in [6, 6.07) is 7.10. The largest absolute Gasteiger partial charge is 0.351 e. The van der Waals surface area contributed by atoms with Crippen molar-refractivity contribution in [2.24, 2.45) is 0 Å². The van der Waals surface area contributed by atoms with E-state index in [-0.39, 0.29) is 19.0 Å². The van der Waals surface area contributed by atoms with Gasteiger partial charge in [0.1, 0.15) is 0 Å². The molecule has 1 rings (SSSR count). The summed E-state index contributed by atoms with van der Waals surface area (Å²) in [4.78, 5) is 11.9. The first kappa shape index (κ1) is 17.1. The molecule has 1 aromatic carbocycles. The minimum Gasteiger partial charge on any atom is -0.351 e. The Morgan fingerprint density at radius 3 is 2.50 bits per heavy atom. The van der Waals surface area contributed by atoms with Crippen LogP contribution in [0.1, 0.15) is 23.7 Å². The molecular formula is C13H19BrN2O3S. The standard InChI is InChI=1S/C13H19BrN2O3S/c1-3-9-16(20(2,18)19)10-8-15-13(17)11-6-4-5-7-12(11)14/h4-7H,3,8-10H2,1-2H3,(H,15,17). The molecule has 1 amide bonds. The van der Waals surface area contributed by atoms with Crippen molar-refractivity contribution < 1.29 is 13.2 Å². The lowest BCUT2D eigenvalue weighted by Crippen LogP contribution is -2.38. The third kappa shape index (κ3) is 5.22. The van der Waals surface area contributed by atoms with Crippen molar-refractivity contribution in [1.82, 2.24) is 9.62 Å². The molecule has 0 aromatic heterocycles. The van der Waals surface area contributed by atoms with Crippen molar-refractivity contribution in [2.75, 3.05) is 25.9 Å². The highest BCUT2D eigenvalue weighted by molar-refractivity contribution is 9.10. The molecule has 0 aliphatic heterocycles. The number of hydrogen-bond acceptors (Lipinski definition) is 3. The Labute approximate surface area is 128 Å². The summed E-state index contributed by atoms with van der Waals surface area (Å²) in [5, 5.41) is 2.73. The zero-order valence-corrected chi connectivity index (χ0v) is 14.0. The molecule has 0 saturated carbocycles. The van der Waals surface area contributed by atoms with Gasteiger partial charge in [0, 0.05) is 24.1 Å². The van der Waals surface area contributed by atoms with Crippen molar-refractivity contribution in [3.63, 3.8) is 0 Å². The fourth-order valence-electron chi connectivity index (χ4n) is 1.73. The van der Waals surface area contributed by atoms with Gasteiger partial charge in [0.2, 0.25) is 10.0 Å². The first-order valence-corrected chi connectivity index (χ1v) is 8.98. The number of sulfonamides is 1. The van der Waals surface area contributed by atoms with E-state index in [1.54, 1.807) is 18.2 Å². The second kappa shape index (κ2) is 7.75. The molecule has 0 spiro atoms. The molecule has 0 radical (unpaired) electrons. The van der Waals surface area contributed by atoms with E-state index in [1.165, 1.54) is 10.6 Å². The van der Waals surface area contributed by atoms with Crippen molar-refractivity contribution in [2.45, 2.75) is 13.3 Å². The van der Waals surface area contributed by atoms with Crippen LogP contribution >= 0.6 is 15.9 Å². The molecule has 0 fully saturated rings. The number of rotatable bonds is 7. The van der Waals surface area contributed by atoms with Crippen LogP contribution in [0.25, 0.3) is 0 Å². The molecule has 7 heteroatoms. The Kier molecular flexibility index (Phi) is 6.64. The summed E-state index contributed by atoms with van der Waals surface area (Å²) >= 11 is 3.31. The van der Waals surface area contributed by atoms with Crippen LogP contribution in [0, 0.1) is 0 Å². The Balaban J connectivity index is 2.55. The molecule has 0 unspecified atom stereocenters. The average molecular weight is 363 g/mol. The van der Waals surface area contributed by atoms with Crippen LogP contribution in [0.15, 0.2) is 28.7 Å². The molecule has 1 aromatic rings. The van der Waals surface area contributed by atoms with E-state index in [2.05, 4.69) is 21.2 Å². The number of halogens is 1. The van der Waals surface area contributed by atoms with Gasteiger partial charge in [-0.1, -0.05) is 19.1 Å². The van der Waals surface area contributed by atoms with E-state index in [1.807, 2.05) is 13.0 Å². The lowest BCUT2D eigenvalue weighted by molar-refractivity contribution is 0.0951. The minimum absolute atomic E-state index is 0.220. The van der Waals surface area contributed by atoms with Gasteiger partial charge >= 0.3 is 0 Å². The minimum atomic E-state index is -3.23. The fraction of sp³-hybridized carbons (Fsp3) is 0.462. The second-order valence-electron chi connectivity index (χ2n) is 4.40. The van der Waals surface area contributed by atoms with Gasteiger partial charge in [-0.25, -0.2) is 12.7 Å². The molecule has 5 nitrogen and oxygen atoms in total. The molecule has 1 N–H and O–H groups in total. The van der Waals surface area contributed by atoms with Crippen molar-refractivity contribution in [1.29, 1.82) is 0 Å². The van der Waals surface area contributed by atoms with Gasteiger partial charge in [0.15, 0.2) is 0 Å². The van der Waals surface area contributed by atoms with Crippen molar-refractivity contribution >= 4 is 31.9 Å². The van der Waals surface area contributed by atoms with Crippen LogP contribution in [0.3, 0.4) is 0 Å². The summed E-state index contributed by atoms with van der Waals surface area (Å²) in [5.41, 5.74) is 0.536. The van der Waals surface area contributed by atoms with Gasteiger partial charge in [-0.05, 0) is 34.5 Å². The van der Waals surface area contributed by atoms with Crippen LogP contribution < -0.4 is 5.32 Å². The summed E-state index contributed by atoms with van der Waals surface area (Å²) in [6.07, 6.45) is 1.92. The van der Waals surface area contributed by atoms with E-state index >= 15 is 0 Å². The maximum Gasteiger partial charge on any atom is 0.252 e. The predicted octanol–water partition coefficient (Wildman–Crippen LogP) is 1.85. The number of benzene rings is 1. The highest BCUT2D eigenvalue weighted by Gasteiger charge is 2.15. The second-order valence-corrected chi connectivity index (χ2v) is 7.23. The van der Waals surface area contributed by atoms with E-state index in [0.29, 0.717) is 16.6 Å². The molecule has 20 heavy (non-hydrogen) atoms. The fourth-order valence-corrected chi connectivity index (χ4v) is 3.13. The van der Waals surface area contributed by atoms with E-state index in [0.717, 1.165) is 6.42 Å².